The van der Waals surface area contributed by atoms with E-state index < -0.39 is 0 Å². The molecule has 0 fully saturated rings. The summed E-state index contributed by atoms with van der Waals surface area (Å²) in [6, 6.07) is 4.26. The molecule has 0 unspecified atom stereocenters. The number of rotatable bonds is 2. The van der Waals surface area contributed by atoms with Crippen LogP contribution in [0.4, 0.5) is 0 Å². The van der Waals surface area contributed by atoms with Gasteiger partial charge in [0.05, 0.1) is 5.57 Å². The van der Waals surface area contributed by atoms with Gasteiger partial charge in [-0.3, -0.25) is 0 Å². The van der Waals surface area contributed by atoms with Crippen LogP contribution in [-0.4, -0.2) is 14.8 Å². The Morgan fingerprint density at radius 3 is 3.11 bits per heavy atom. The van der Waals surface area contributed by atoms with Crippen LogP contribution in [0.25, 0.3) is 11.6 Å². The molecule has 0 aliphatic carbocycles. The van der Waals surface area contributed by atoms with E-state index >= 15 is 0 Å². The van der Waals surface area contributed by atoms with Crippen LogP contribution in [0.2, 0.25) is 0 Å². The minimum atomic E-state index is 0.596. The summed E-state index contributed by atoms with van der Waals surface area (Å²) in [5, 5.41) is 21.9. The molecule has 3 rings (SSSR count). The Bertz CT molecular complexity index is 631. The molecule has 4 nitrogen and oxygen atoms in total. The Morgan fingerprint density at radius 1 is 1.37 bits per heavy atom. The van der Waals surface area contributed by atoms with Crippen LogP contribution in [0.15, 0.2) is 16.8 Å². The van der Waals surface area contributed by atoms with Crippen molar-refractivity contribution < 1.29 is 0 Å². The Labute approximate surface area is 116 Å². The van der Waals surface area contributed by atoms with Crippen molar-refractivity contribution in [2.45, 2.75) is 32.2 Å². The van der Waals surface area contributed by atoms with Crippen LogP contribution in [-0.2, 0) is 13.0 Å². The molecule has 1 aliphatic heterocycles. The molecular weight excluding hydrogens is 256 g/mol. The molecule has 96 valence electrons. The summed E-state index contributed by atoms with van der Waals surface area (Å²) in [5.74, 6) is 1.73. The van der Waals surface area contributed by atoms with Gasteiger partial charge in [-0.05, 0) is 41.3 Å². The Balaban J connectivity index is 2.01. The van der Waals surface area contributed by atoms with Crippen molar-refractivity contribution in [3.05, 3.63) is 34.0 Å². The highest BCUT2D eigenvalue weighted by Gasteiger charge is 2.17. The number of hydrogen-bond donors (Lipinski definition) is 0. The van der Waals surface area contributed by atoms with Crippen molar-refractivity contribution in [3.8, 4) is 6.07 Å². The maximum atomic E-state index is 9.37. The van der Waals surface area contributed by atoms with Crippen LogP contribution in [0.3, 0.4) is 0 Å². The maximum absolute atomic E-state index is 9.37. The summed E-state index contributed by atoms with van der Waals surface area (Å²) >= 11 is 1.62. The van der Waals surface area contributed by atoms with Gasteiger partial charge >= 0.3 is 0 Å². The lowest BCUT2D eigenvalue weighted by Crippen LogP contribution is -2.05. The number of aromatic nitrogens is 3. The van der Waals surface area contributed by atoms with Gasteiger partial charge in [-0.15, -0.1) is 10.2 Å². The first kappa shape index (κ1) is 12.1. The fraction of sp³-hybridized carbons (Fsp3) is 0.357. The van der Waals surface area contributed by atoms with Gasteiger partial charge in [0.25, 0.3) is 0 Å². The maximum Gasteiger partial charge on any atom is 0.174 e. The number of nitriles is 1. The highest BCUT2D eigenvalue weighted by molar-refractivity contribution is 7.08. The lowest BCUT2D eigenvalue weighted by Gasteiger charge is -2.05. The molecule has 0 spiro atoms. The van der Waals surface area contributed by atoms with Crippen LogP contribution in [0, 0.1) is 11.3 Å². The molecular formula is C14H14N4S. The van der Waals surface area contributed by atoms with Gasteiger partial charge in [-0.25, -0.2) is 0 Å². The van der Waals surface area contributed by atoms with Crippen LogP contribution >= 0.6 is 11.3 Å². The third-order valence-electron chi connectivity index (χ3n) is 3.33. The summed E-state index contributed by atoms with van der Waals surface area (Å²) in [4.78, 5) is 0. The molecule has 0 atom stereocenters. The number of thiophene rings is 1. The average molecular weight is 270 g/mol. The molecule has 1 aliphatic rings. The smallest absolute Gasteiger partial charge is 0.174 e. The van der Waals surface area contributed by atoms with Crippen molar-refractivity contribution in [2.24, 2.45) is 0 Å². The van der Waals surface area contributed by atoms with Gasteiger partial charge in [0.15, 0.2) is 5.82 Å². The van der Waals surface area contributed by atoms with Crippen LogP contribution in [0.5, 0.6) is 0 Å². The van der Waals surface area contributed by atoms with Crippen LogP contribution < -0.4 is 0 Å². The van der Waals surface area contributed by atoms with Gasteiger partial charge in [0, 0.05) is 13.0 Å². The van der Waals surface area contributed by atoms with E-state index in [2.05, 4.69) is 20.8 Å². The van der Waals surface area contributed by atoms with E-state index in [0.29, 0.717) is 11.4 Å². The van der Waals surface area contributed by atoms with Crippen molar-refractivity contribution in [1.29, 1.82) is 5.26 Å². The van der Waals surface area contributed by atoms with E-state index in [9.17, 15) is 5.26 Å². The number of nitrogens with zero attached hydrogens (tertiary/aromatic N) is 4. The van der Waals surface area contributed by atoms with Gasteiger partial charge in [-0.1, -0.05) is 6.42 Å². The number of allylic oxidation sites excluding steroid dienone is 1. The fourth-order valence-electron chi connectivity index (χ4n) is 2.35. The Kier molecular flexibility index (Phi) is 3.43. The van der Waals surface area contributed by atoms with E-state index in [0.717, 1.165) is 37.2 Å². The molecule has 3 heterocycles. The molecule has 0 N–H and O–H groups in total. The normalized spacial score (nSPS) is 15.6. The van der Waals surface area contributed by atoms with Crippen molar-refractivity contribution in [2.75, 3.05) is 0 Å². The zero-order valence-corrected chi connectivity index (χ0v) is 11.4. The first-order valence-electron chi connectivity index (χ1n) is 6.45. The summed E-state index contributed by atoms with van der Waals surface area (Å²) in [6.45, 7) is 0.917. The van der Waals surface area contributed by atoms with Crippen molar-refractivity contribution in [3.63, 3.8) is 0 Å². The van der Waals surface area contributed by atoms with Gasteiger partial charge in [-0.2, -0.15) is 16.6 Å². The third-order valence-corrected chi connectivity index (χ3v) is 4.03. The first-order chi connectivity index (χ1) is 9.38. The van der Waals surface area contributed by atoms with Crippen LogP contribution in [0.1, 0.15) is 36.5 Å². The van der Waals surface area contributed by atoms with Gasteiger partial charge in [0.1, 0.15) is 11.9 Å². The highest BCUT2D eigenvalue weighted by atomic mass is 32.1. The van der Waals surface area contributed by atoms with E-state index in [1.54, 1.807) is 11.3 Å². The average Bonchev–Trinajstić information content (AvgIpc) is 3.01. The molecule has 0 saturated carbocycles. The predicted octanol–water partition coefficient (Wildman–Crippen LogP) is 3.13. The van der Waals surface area contributed by atoms with Crippen molar-refractivity contribution in [1.82, 2.24) is 14.8 Å². The Hall–Kier alpha value is -1.93. The topological polar surface area (TPSA) is 54.5 Å². The SMILES string of the molecule is N#C/C(=C/c1ccsc1)c1nnc2n1CCCCC2. The van der Waals surface area contributed by atoms with E-state index in [1.807, 2.05) is 22.9 Å². The number of fused-ring (bicyclic) bond motifs is 1. The quantitative estimate of drug-likeness (QED) is 0.788. The summed E-state index contributed by atoms with van der Waals surface area (Å²) in [7, 11) is 0. The third kappa shape index (κ3) is 2.45. The number of hydrogen-bond acceptors (Lipinski definition) is 4. The minimum Gasteiger partial charge on any atom is -0.310 e. The summed E-state index contributed by atoms with van der Waals surface area (Å²) in [5.41, 5.74) is 1.64. The molecule has 0 bridgehead atoms. The second-order valence-corrected chi connectivity index (χ2v) is 5.41. The molecule has 0 amide bonds. The largest absolute Gasteiger partial charge is 0.310 e. The number of aryl methyl sites for hydroxylation is 1. The second kappa shape index (κ2) is 5.37. The second-order valence-electron chi connectivity index (χ2n) is 4.63. The zero-order chi connectivity index (χ0) is 13.1. The molecule has 2 aromatic heterocycles. The molecule has 0 saturated heterocycles. The van der Waals surface area contributed by atoms with Gasteiger partial charge in [0.2, 0.25) is 0 Å². The molecule has 5 heteroatoms. The highest BCUT2D eigenvalue weighted by Crippen LogP contribution is 2.21. The standard InChI is InChI=1S/C14H14N4S/c15-9-12(8-11-5-7-19-10-11)14-17-16-13-4-2-1-3-6-18(13)14/h5,7-8,10H,1-4,6H2/b12-8-. The van der Waals surface area contributed by atoms with E-state index in [-0.39, 0.29) is 0 Å². The summed E-state index contributed by atoms with van der Waals surface area (Å²) in [6.07, 6.45) is 6.37. The molecule has 0 aromatic carbocycles. The summed E-state index contributed by atoms with van der Waals surface area (Å²) < 4.78 is 2.11. The predicted molar refractivity (Wildman–Crippen MR) is 75.4 cm³/mol. The van der Waals surface area contributed by atoms with Gasteiger partial charge < -0.3 is 4.57 Å². The lowest BCUT2D eigenvalue weighted by molar-refractivity contribution is 0.627. The minimum absolute atomic E-state index is 0.596. The first-order valence-corrected chi connectivity index (χ1v) is 7.39. The monoisotopic (exact) mass is 270 g/mol. The Morgan fingerprint density at radius 2 is 2.32 bits per heavy atom. The zero-order valence-electron chi connectivity index (χ0n) is 10.5. The lowest BCUT2D eigenvalue weighted by atomic mass is 10.2. The van der Waals surface area contributed by atoms with E-state index in [1.165, 1.54) is 6.42 Å². The molecule has 2 aromatic rings. The van der Waals surface area contributed by atoms with Crippen molar-refractivity contribution >= 4 is 23.0 Å². The van der Waals surface area contributed by atoms with E-state index in [4.69, 9.17) is 0 Å². The molecule has 0 radical (unpaired) electrons. The fourth-order valence-corrected chi connectivity index (χ4v) is 2.97. The molecule has 19 heavy (non-hydrogen) atoms.